The largest absolute Gasteiger partial charge is 0.362 e. The molecule has 0 aromatic carbocycles. The van der Waals surface area contributed by atoms with Crippen molar-refractivity contribution < 1.29 is 0 Å². The third-order valence-electron chi connectivity index (χ3n) is 4.81. The minimum absolute atomic E-state index is 0.707. The Morgan fingerprint density at radius 2 is 1.84 bits per heavy atom. The summed E-state index contributed by atoms with van der Waals surface area (Å²) < 4.78 is 0. The van der Waals surface area contributed by atoms with E-state index in [1.165, 1.54) is 36.6 Å². The molecular weight excluding hydrogens is 252 g/mol. The predicted octanol–water partition coefficient (Wildman–Crippen LogP) is 4.17. The van der Waals surface area contributed by atoms with Crippen LogP contribution in [0.5, 0.6) is 0 Å². The van der Waals surface area contributed by atoms with Crippen LogP contribution in [0, 0.1) is 23.7 Å². The SMILES string of the molecule is CC(C)C(CN=C1NC2CCCCC2CS1)C(C)C. The molecule has 0 spiro atoms. The first-order valence-electron chi connectivity index (χ1n) is 8.01. The molecule has 0 aromatic heterocycles. The number of thioether (sulfide) groups is 1. The van der Waals surface area contributed by atoms with Crippen LogP contribution in [0.2, 0.25) is 0 Å². The number of amidine groups is 1. The van der Waals surface area contributed by atoms with Crippen LogP contribution in [0.15, 0.2) is 4.99 Å². The van der Waals surface area contributed by atoms with Crippen LogP contribution < -0.4 is 5.32 Å². The van der Waals surface area contributed by atoms with Crippen molar-refractivity contribution in [2.24, 2.45) is 28.7 Å². The van der Waals surface area contributed by atoms with Crippen molar-refractivity contribution in [3.05, 3.63) is 0 Å². The van der Waals surface area contributed by atoms with Gasteiger partial charge in [-0.15, -0.1) is 0 Å². The quantitative estimate of drug-likeness (QED) is 0.837. The van der Waals surface area contributed by atoms with E-state index < -0.39 is 0 Å². The molecule has 3 heteroatoms. The standard InChI is InChI=1S/C16H30N2S/c1-11(2)14(12(3)4)9-17-16-18-15-8-6-5-7-13(15)10-19-16/h11-15H,5-10H2,1-4H3,(H,17,18). The maximum atomic E-state index is 4.89. The fourth-order valence-electron chi connectivity index (χ4n) is 3.45. The molecule has 0 bridgehead atoms. The summed E-state index contributed by atoms with van der Waals surface area (Å²) in [5, 5.41) is 4.92. The van der Waals surface area contributed by atoms with Crippen LogP contribution in [0.4, 0.5) is 0 Å². The second kappa shape index (κ2) is 7.01. The Morgan fingerprint density at radius 3 is 2.53 bits per heavy atom. The van der Waals surface area contributed by atoms with Crippen molar-refractivity contribution in [1.82, 2.24) is 5.32 Å². The first kappa shape index (κ1) is 15.2. The number of aliphatic imine (C=N–C) groups is 1. The van der Waals surface area contributed by atoms with E-state index in [1.54, 1.807) is 0 Å². The van der Waals surface area contributed by atoms with Gasteiger partial charge in [0.1, 0.15) is 0 Å². The highest BCUT2D eigenvalue weighted by Gasteiger charge is 2.30. The average molecular weight is 282 g/mol. The molecule has 0 aromatic rings. The number of fused-ring (bicyclic) bond motifs is 1. The van der Waals surface area contributed by atoms with Crippen molar-refractivity contribution in [3.63, 3.8) is 0 Å². The van der Waals surface area contributed by atoms with E-state index in [-0.39, 0.29) is 0 Å². The van der Waals surface area contributed by atoms with Crippen LogP contribution in [0.1, 0.15) is 53.4 Å². The molecule has 1 N–H and O–H groups in total. The minimum Gasteiger partial charge on any atom is -0.362 e. The molecule has 2 unspecified atom stereocenters. The summed E-state index contributed by atoms with van der Waals surface area (Å²) in [6, 6.07) is 0.713. The predicted molar refractivity (Wildman–Crippen MR) is 86.8 cm³/mol. The summed E-state index contributed by atoms with van der Waals surface area (Å²) in [5.41, 5.74) is 0. The number of hydrogen-bond donors (Lipinski definition) is 1. The van der Waals surface area contributed by atoms with E-state index in [0.29, 0.717) is 12.0 Å². The van der Waals surface area contributed by atoms with Gasteiger partial charge in [0.25, 0.3) is 0 Å². The van der Waals surface area contributed by atoms with E-state index in [0.717, 1.165) is 24.3 Å². The number of nitrogens with one attached hydrogen (secondary N) is 1. The molecule has 1 heterocycles. The smallest absolute Gasteiger partial charge is 0.156 e. The molecule has 2 nitrogen and oxygen atoms in total. The Hall–Kier alpha value is -0.180. The summed E-state index contributed by atoms with van der Waals surface area (Å²) >= 11 is 1.95. The molecule has 0 amide bonds. The number of hydrogen-bond acceptors (Lipinski definition) is 2. The Labute approximate surface area is 123 Å². The molecular formula is C16H30N2S. The van der Waals surface area contributed by atoms with Crippen LogP contribution in [-0.4, -0.2) is 23.5 Å². The molecule has 1 saturated heterocycles. The third kappa shape index (κ3) is 4.14. The van der Waals surface area contributed by atoms with Gasteiger partial charge in [-0.25, -0.2) is 0 Å². The van der Waals surface area contributed by atoms with Gasteiger partial charge in [-0.05, 0) is 36.5 Å². The number of rotatable bonds is 4. The second-order valence-electron chi connectivity index (χ2n) is 6.90. The molecule has 1 saturated carbocycles. The fraction of sp³-hybridized carbons (Fsp3) is 0.938. The van der Waals surface area contributed by atoms with Gasteiger partial charge in [0.05, 0.1) is 0 Å². The Bertz CT molecular complexity index is 304. The lowest BCUT2D eigenvalue weighted by molar-refractivity contribution is 0.295. The van der Waals surface area contributed by atoms with Gasteiger partial charge in [0.15, 0.2) is 5.17 Å². The average Bonchev–Trinajstić information content (AvgIpc) is 2.38. The van der Waals surface area contributed by atoms with Gasteiger partial charge < -0.3 is 5.32 Å². The van der Waals surface area contributed by atoms with Crippen molar-refractivity contribution in [1.29, 1.82) is 0 Å². The highest BCUT2D eigenvalue weighted by Crippen LogP contribution is 2.31. The summed E-state index contributed by atoms with van der Waals surface area (Å²) in [6.07, 6.45) is 5.59. The Balaban J connectivity index is 1.89. The molecule has 2 rings (SSSR count). The summed E-state index contributed by atoms with van der Waals surface area (Å²) in [5.74, 6) is 4.33. The fourth-order valence-corrected chi connectivity index (χ4v) is 4.63. The van der Waals surface area contributed by atoms with Gasteiger partial charge >= 0.3 is 0 Å². The molecule has 2 aliphatic rings. The molecule has 1 aliphatic carbocycles. The van der Waals surface area contributed by atoms with Crippen LogP contribution >= 0.6 is 11.8 Å². The van der Waals surface area contributed by atoms with Crippen LogP contribution in [-0.2, 0) is 0 Å². The lowest BCUT2D eigenvalue weighted by Gasteiger charge is -2.37. The van der Waals surface area contributed by atoms with Crippen LogP contribution in [0.3, 0.4) is 0 Å². The van der Waals surface area contributed by atoms with Crippen molar-refractivity contribution in [2.75, 3.05) is 12.3 Å². The Kier molecular flexibility index (Phi) is 5.61. The highest BCUT2D eigenvalue weighted by atomic mass is 32.2. The lowest BCUT2D eigenvalue weighted by Crippen LogP contribution is -2.46. The molecule has 19 heavy (non-hydrogen) atoms. The zero-order chi connectivity index (χ0) is 13.8. The monoisotopic (exact) mass is 282 g/mol. The van der Waals surface area contributed by atoms with Gasteiger partial charge in [-0.2, -0.15) is 0 Å². The van der Waals surface area contributed by atoms with E-state index >= 15 is 0 Å². The first-order chi connectivity index (χ1) is 9.08. The van der Waals surface area contributed by atoms with Crippen LogP contribution in [0.25, 0.3) is 0 Å². The second-order valence-corrected chi connectivity index (χ2v) is 7.91. The number of nitrogens with zero attached hydrogens (tertiary/aromatic N) is 1. The van der Waals surface area contributed by atoms with E-state index in [1.807, 2.05) is 11.8 Å². The molecule has 2 atom stereocenters. The van der Waals surface area contributed by atoms with Gasteiger partial charge in [-0.3, -0.25) is 4.99 Å². The van der Waals surface area contributed by atoms with Crippen molar-refractivity contribution >= 4 is 16.9 Å². The van der Waals surface area contributed by atoms with E-state index in [2.05, 4.69) is 33.0 Å². The maximum Gasteiger partial charge on any atom is 0.156 e. The van der Waals surface area contributed by atoms with E-state index in [9.17, 15) is 0 Å². The lowest BCUT2D eigenvalue weighted by atomic mass is 9.85. The maximum absolute atomic E-state index is 4.89. The minimum atomic E-state index is 0.707. The van der Waals surface area contributed by atoms with Crippen molar-refractivity contribution in [2.45, 2.75) is 59.4 Å². The molecule has 2 fully saturated rings. The van der Waals surface area contributed by atoms with Gasteiger partial charge in [-0.1, -0.05) is 52.3 Å². The molecule has 110 valence electrons. The molecule has 0 radical (unpaired) electrons. The van der Waals surface area contributed by atoms with Crippen molar-refractivity contribution in [3.8, 4) is 0 Å². The van der Waals surface area contributed by atoms with Gasteiger partial charge in [0.2, 0.25) is 0 Å². The van der Waals surface area contributed by atoms with E-state index in [4.69, 9.17) is 4.99 Å². The topological polar surface area (TPSA) is 24.4 Å². The zero-order valence-corrected chi connectivity index (χ0v) is 13.8. The molecule has 1 aliphatic heterocycles. The summed E-state index contributed by atoms with van der Waals surface area (Å²) in [4.78, 5) is 4.89. The summed E-state index contributed by atoms with van der Waals surface area (Å²) in [7, 11) is 0. The normalized spacial score (nSPS) is 29.9. The first-order valence-corrected chi connectivity index (χ1v) is 9.00. The zero-order valence-electron chi connectivity index (χ0n) is 13.0. The Morgan fingerprint density at radius 1 is 1.16 bits per heavy atom. The highest BCUT2D eigenvalue weighted by molar-refractivity contribution is 8.13. The summed E-state index contributed by atoms with van der Waals surface area (Å²) in [6.45, 7) is 10.3. The third-order valence-corrected chi connectivity index (χ3v) is 5.93. The van der Waals surface area contributed by atoms with Gasteiger partial charge in [0, 0.05) is 18.3 Å².